The third-order valence-electron chi connectivity index (χ3n) is 4.32. The van der Waals surface area contributed by atoms with Crippen LogP contribution in [0.15, 0.2) is 24.3 Å². The van der Waals surface area contributed by atoms with Crippen LogP contribution in [-0.4, -0.2) is 50.0 Å². The number of aliphatic hydroxyl groups is 1. The van der Waals surface area contributed by atoms with Gasteiger partial charge in [0.2, 0.25) is 15.9 Å². The van der Waals surface area contributed by atoms with Gasteiger partial charge in [-0.3, -0.25) is 4.79 Å². The summed E-state index contributed by atoms with van der Waals surface area (Å²) < 4.78 is 31.7. The number of benzene rings is 1. The zero-order valence-electron chi connectivity index (χ0n) is 14.7. The fourth-order valence-corrected chi connectivity index (χ4v) is 3.84. The molecule has 1 heterocycles. The Balaban J connectivity index is 1.81. The molecule has 3 atom stereocenters. The average molecular weight is 405 g/mol. The second-order valence-corrected chi connectivity index (χ2v) is 8.77. The van der Waals surface area contributed by atoms with E-state index in [0.717, 1.165) is 5.56 Å². The molecule has 1 aliphatic rings. The molecule has 1 aromatic carbocycles. The summed E-state index contributed by atoms with van der Waals surface area (Å²) in [6.45, 7) is 1.64. The van der Waals surface area contributed by atoms with Crippen LogP contribution in [0, 0.1) is 0 Å². The number of carbonyl (C=O) groups excluding carboxylic acids is 1. The predicted molar refractivity (Wildman–Crippen MR) is 99.3 cm³/mol. The zero-order valence-corrected chi connectivity index (χ0v) is 16.2. The Morgan fingerprint density at radius 1 is 1.31 bits per heavy atom. The highest BCUT2D eigenvalue weighted by Gasteiger charge is 2.33. The monoisotopic (exact) mass is 404 g/mol. The van der Waals surface area contributed by atoms with Crippen molar-refractivity contribution in [2.24, 2.45) is 0 Å². The minimum atomic E-state index is -3.37. The number of nitrogens with one attached hydrogen (secondary N) is 2. The first-order chi connectivity index (χ1) is 12.3. The van der Waals surface area contributed by atoms with E-state index in [1.54, 1.807) is 19.1 Å². The van der Waals surface area contributed by atoms with Gasteiger partial charge in [-0.1, -0.05) is 23.7 Å². The van der Waals surface area contributed by atoms with Crippen molar-refractivity contribution >= 4 is 27.5 Å². The lowest BCUT2D eigenvalue weighted by molar-refractivity contribution is -0.130. The number of hydrogen-bond acceptors (Lipinski definition) is 5. The molecule has 0 unspecified atom stereocenters. The molecule has 1 aliphatic heterocycles. The fourth-order valence-electron chi connectivity index (χ4n) is 2.81. The van der Waals surface area contributed by atoms with Gasteiger partial charge < -0.3 is 15.2 Å². The quantitative estimate of drug-likeness (QED) is 0.603. The summed E-state index contributed by atoms with van der Waals surface area (Å²) in [5.41, 5.74) is 0.939. The van der Waals surface area contributed by atoms with Crippen molar-refractivity contribution in [3.63, 3.8) is 0 Å². The highest BCUT2D eigenvalue weighted by molar-refractivity contribution is 7.89. The lowest BCUT2D eigenvalue weighted by Gasteiger charge is -2.35. The van der Waals surface area contributed by atoms with E-state index in [2.05, 4.69) is 10.0 Å². The van der Waals surface area contributed by atoms with Crippen LogP contribution in [0.2, 0.25) is 5.02 Å². The summed E-state index contributed by atoms with van der Waals surface area (Å²) >= 11 is 5.82. The Kier molecular flexibility index (Phi) is 7.85. The second-order valence-electron chi connectivity index (χ2n) is 6.29. The molecule has 0 bridgehead atoms. The summed E-state index contributed by atoms with van der Waals surface area (Å²) in [6.07, 6.45) is 0.220. The van der Waals surface area contributed by atoms with E-state index in [1.807, 2.05) is 12.1 Å². The molecular weight excluding hydrogens is 380 g/mol. The predicted octanol–water partition coefficient (Wildman–Crippen LogP) is 1.19. The lowest BCUT2D eigenvalue weighted by atomic mass is 9.98. The number of sulfonamides is 1. The number of aliphatic hydroxyl groups excluding tert-OH is 1. The van der Waals surface area contributed by atoms with Gasteiger partial charge >= 0.3 is 0 Å². The van der Waals surface area contributed by atoms with Crippen molar-refractivity contribution in [2.45, 2.75) is 51.0 Å². The van der Waals surface area contributed by atoms with Crippen LogP contribution < -0.4 is 10.0 Å². The number of ether oxygens (including phenoxy) is 1. The molecule has 0 aliphatic carbocycles. The van der Waals surface area contributed by atoms with Gasteiger partial charge in [-0.15, -0.1) is 0 Å². The van der Waals surface area contributed by atoms with Crippen molar-refractivity contribution in [3.05, 3.63) is 34.9 Å². The molecule has 9 heteroatoms. The molecule has 0 spiro atoms. The van der Waals surface area contributed by atoms with E-state index < -0.39 is 22.2 Å². The molecule has 0 aromatic heterocycles. The third-order valence-corrected chi connectivity index (χ3v) is 6.00. The number of halogens is 1. The number of rotatable bonds is 8. The molecule has 1 saturated heterocycles. The van der Waals surface area contributed by atoms with Crippen molar-refractivity contribution < 1.29 is 23.1 Å². The molecule has 3 N–H and O–H groups in total. The van der Waals surface area contributed by atoms with Gasteiger partial charge in [-0.05, 0) is 37.5 Å². The SMILES string of the molecule is CCS(=O)(=O)N[C@@H]1CC[C@@H](CC(=O)NCc2ccc(Cl)cc2)O[C@@H]1CO. The highest BCUT2D eigenvalue weighted by atomic mass is 35.5. The van der Waals surface area contributed by atoms with Crippen LogP contribution in [0.5, 0.6) is 0 Å². The van der Waals surface area contributed by atoms with Crippen LogP contribution in [0.25, 0.3) is 0 Å². The molecule has 1 amide bonds. The third kappa shape index (κ3) is 6.51. The maximum Gasteiger partial charge on any atom is 0.222 e. The van der Waals surface area contributed by atoms with E-state index in [4.69, 9.17) is 16.3 Å². The molecule has 1 aromatic rings. The van der Waals surface area contributed by atoms with Crippen LogP contribution >= 0.6 is 11.6 Å². The molecular formula is C17H25ClN2O5S. The molecule has 7 nitrogen and oxygen atoms in total. The Morgan fingerprint density at radius 2 is 2.00 bits per heavy atom. The first-order valence-corrected chi connectivity index (χ1v) is 10.6. The van der Waals surface area contributed by atoms with Crippen LogP contribution in [0.1, 0.15) is 31.7 Å². The highest BCUT2D eigenvalue weighted by Crippen LogP contribution is 2.22. The van der Waals surface area contributed by atoms with E-state index in [0.29, 0.717) is 24.4 Å². The summed E-state index contributed by atoms with van der Waals surface area (Å²) in [5, 5.41) is 12.9. The van der Waals surface area contributed by atoms with Gasteiger partial charge in [0, 0.05) is 11.6 Å². The minimum Gasteiger partial charge on any atom is -0.394 e. The summed E-state index contributed by atoms with van der Waals surface area (Å²) in [5.74, 6) is -0.188. The maximum absolute atomic E-state index is 12.1. The lowest BCUT2D eigenvalue weighted by Crippen LogP contribution is -2.51. The maximum atomic E-state index is 12.1. The zero-order chi connectivity index (χ0) is 19.2. The standard InChI is InChI=1S/C17H25ClN2O5S/c1-2-26(23,24)20-15-8-7-14(25-16(15)11-21)9-17(22)19-10-12-3-5-13(18)6-4-12/h3-6,14-16,20-21H,2,7-11H2,1H3,(H,19,22)/t14-,15+,16+/m0/s1. The van der Waals surface area contributed by atoms with Crippen LogP contribution in [-0.2, 0) is 26.1 Å². The summed E-state index contributed by atoms with van der Waals surface area (Å²) in [7, 11) is -3.37. The van der Waals surface area contributed by atoms with Crippen LogP contribution in [0.3, 0.4) is 0 Å². The van der Waals surface area contributed by atoms with E-state index in [9.17, 15) is 18.3 Å². The Labute approximate surface area is 159 Å². The van der Waals surface area contributed by atoms with Crippen molar-refractivity contribution in [1.82, 2.24) is 10.0 Å². The largest absolute Gasteiger partial charge is 0.394 e. The number of carbonyl (C=O) groups is 1. The van der Waals surface area contributed by atoms with E-state index in [1.165, 1.54) is 0 Å². The van der Waals surface area contributed by atoms with Gasteiger partial charge in [0.25, 0.3) is 0 Å². The number of hydrogen-bond donors (Lipinski definition) is 3. The molecule has 26 heavy (non-hydrogen) atoms. The summed E-state index contributed by atoms with van der Waals surface area (Å²) in [4.78, 5) is 12.1. The van der Waals surface area contributed by atoms with Gasteiger partial charge in [0.1, 0.15) is 0 Å². The molecule has 0 radical (unpaired) electrons. The fraction of sp³-hybridized carbons (Fsp3) is 0.588. The second kappa shape index (κ2) is 9.66. The Morgan fingerprint density at radius 3 is 2.62 bits per heavy atom. The van der Waals surface area contributed by atoms with Crippen LogP contribution in [0.4, 0.5) is 0 Å². The minimum absolute atomic E-state index is 0.0296. The van der Waals surface area contributed by atoms with Gasteiger partial charge in [-0.2, -0.15) is 0 Å². The number of amides is 1. The van der Waals surface area contributed by atoms with Crippen molar-refractivity contribution in [2.75, 3.05) is 12.4 Å². The average Bonchev–Trinajstić information content (AvgIpc) is 2.62. The first kappa shape index (κ1) is 21.1. The normalized spacial score (nSPS) is 23.6. The first-order valence-electron chi connectivity index (χ1n) is 8.60. The van der Waals surface area contributed by atoms with E-state index >= 15 is 0 Å². The van der Waals surface area contributed by atoms with Gasteiger partial charge in [0.05, 0.1) is 37.0 Å². The van der Waals surface area contributed by atoms with E-state index in [-0.39, 0.29) is 30.8 Å². The van der Waals surface area contributed by atoms with Crippen molar-refractivity contribution in [3.8, 4) is 0 Å². The Hall–Kier alpha value is -1.19. The molecule has 1 fully saturated rings. The van der Waals surface area contributed by atoms with Gasteiger partial charge in [0.15, 0.2) is 0 Å². The smallest absolute Gasteiger partial charge is 0.222 e. The molecule has 2 rings (SSSR count). The van der Waals surface area contributed by atoms with Gasteiger partial charge in [-0.25, -0.2) is 13.1 Å². The van der Waals surface area contributed by atoms with Crippen molar-refractivity contribution in [1.29, 1.82) is 0 Å². The molecule has 0 saturated carbocycles. The molecule has 146 valence electrons. The summed E-state index contributed by atoms with van der Waals surface area (Å²) in [6, 6.07) is 6.73. The Bertz CT molecular complexity index is 696. The topological polar surface area (TPSA) is 105 Å².